The van der Waals surface area contributed by atoms with Gasteiger partial charge in [-0.3, -0.25) is 0 Å². The molecule has 0 N–H and O–H groups in total. The van der Waals surface area contributed by atoms with E-state index >= 15 is 0 Å². The van der Waals surface area contributed by atoms with Crippen LogP contribution >= 0.6 is 0 Å². The Morgan fingerprint density at radius 2 is 2.21 bits per heavy atom. The fourth-order valence-electron chi connectivity index (χ4n) is 3.03. The zero-order valence-corrected chi connectivity index (χ0v) is 8.45. The van der Waals surface area contributed by atoms with Crippen LogP contribution in [0.1, 0.15) is 25.7 Å². The number of ether oxygens (including phenoxy) is 1. The Labute approximate surface area is 85.3 Å². The first-order valence-corrected chi connectivity index (χ1v) is 5.37. The molecule has 2 aliphatic rings. The van der Waals surface area contributed by atoms with Gasteiger partial charge in [0.05, 0.1) is 0 Å². The summed E-state index contributed by atoms with van der Waals surface area (Å²) in [6.07, 6.45) is 6.23. The van der Waals surface area contributed by atoms with E-state index in [0.717, 1.165) is 11.8 Å². The quantitative estimate of drug-likeness (QED) is 0.508. The van der Waals surface area contributed by atoms with Gasteiger partial charge in [0.25, 0.3) is 0 Å². The predicted molar refractivity (Wildman–Crippen MR) is 54.4 cm³/mol. The Morgan fingerprint density at radius 1 is 1.43 bits per heavy atom. The van der Waals surface area contributed by atoms with Crippen LogP contribution in [-0.2, 0) is 9.53 Å². The van der Waals surface area contributed by atoms with Gasteiger partial charge in [0, 0.05) is 6.08 Å². The van der Waals surface area contributed by atoms with Gasteiger partial charge < -0.3 is 4.74 Å². The number of hydrogen-bond donors (Lipinski definition) is 0. The standard InChI is InChI=1S/C12H17O2/c1-3-12(13)14-8(2)11-7-9-4-5-10(11)6-9/h3,8-11H,1-2,4-7H2. The van der Waals surface area contributed by atoms with Crippen LogP contribution in [0, 0.1) is 24.7 Å². The molecule has 0 aromatic heterocycles. The van der Waals surface area contributed by atoms with Crippen molar-refractivity contribution in [2.24, 2.45) is 17.8 Å². The Hall–Kier alpha value is -0.790. The predicted octanol–water partition coefficient (Wildman–Crippen LogP) is 2.35. The summed E-state index contributed by atoms with van der Waals surface area (Å²) in [7, 11) is 0. The average Bonchev–Trinajstić information content (AvgIpc) is 2.78. The first-order chi connectivity index (χ1) is 6.70. The number of rotatable bonds is 3. The summed E-state index contributed by atoms with van der Waals surface area (Å²) in [6.45, 7) is 7.32. The molecule has 2 rings (SSSR count). The molecule has 1 radical (unpaired) electrons. The number of carbonyl (C=O) groups is 1. The Balaban J connectivity index is 1.89. The summed E-state index contributed by atoms with van der Waals surface area (Å²) in [5, 5.41) is 0. The van der Waals surface area contributed by atoms with Crippen molar-refractivity contribution in [3.63, 3.8) is 0 Å². The Morgan fingerprint density at radius 3 is 2.71 bits per heavy atom. The second-order valence-electron chi connectivity index (χ2n) is 4.52. The lowest BCUT2D eigenvalue weighted by atomic mass is 9.85. The molecule has 0 aromatic rings. The summed E-state index contributed by atoms with van der Waals surface area (Å²) >= 11 is 0. The highest BCUT2D eigenvalue weighted by atomic mass is 16.5. The fourth-order valence-corrected chi connectivity index (χ4v) is 3.03. The lowest BCUT2D eigenvalue weighted by Gasteiger charge is -2.26. The molecule has 4 unspecified atom stereocenters. The molecule has 2 bridgehead atoms. The van der Waals surface area contributed by atoms with Crippen molar-refractivity contribution in [1.29, 1.82) is 0 Å². The SMILES string of the molecule is [CH2]C(OC(=O)C=C)C1CC2CCC1C2. The number of esters is 1. The van der Waals surface area contributed by atoms with Crippen LogP contribution in [0.5, 0.6) is 0 Å². The summed E-state index contributed by atoms with van der Waals surface area (Å²) < 4.78 is 5.17. The van der Waals surface area contributed by atoms with Crippen LogP contribution in [0.15, 0.2) is 12.7 Å². The molecule has 4 atom stereocenters. The van der Waals surface area contributed by atoms with Gasteiger partial charge in [-0.15, -0.1) is 0 Å². The van der Waals surface area contributed by atoms with Gasteiger partial charge in [-0.1, -0.05) is 13.0 Å². The van der Waals surface area contributed by atoms with Crippen molar-refractivity contribution in [2.75, 3.05) is 0 Å². The van der Waals surface area contributed by atoms with Crippen LogP contribution in [0.4, 0.5) is 0 Å². The molecule has 2 saturated carbocycles. The zero-order chi connectivity index (χ0) is 10.1. The van der Waals surface area contributed by atoms with Crippen LogP contribution in [-0.4, -0.2) is 12.1 Å². The molecular weight excluding hydrogens is 176 g/mol. The van der Waals surface area contributed by atoms with Gasteiger partial charge in [-0.05, 0) is 43.9 Å². The first-order valence-electron chi connectivity index (χ1n) is 5.37. The highest BCUT2D eigenvalue weighted by Gasteiger charge is 2.42. The summed E-state index contributed by atoms with van der Waals surface area (Å²) in [6, 6.07) is 0. The minimum absolute atomic E-state index is 0.171. The third kappa shape index (κ3) is 1.70. The molecule has 14 heavy (non-hydrogen) atoms. The van der Waals surface area contributed by atoms with E-state index in [1.165, 1.54) is 31.8 Å². The molecule has 0 aliphatic heterocycles. The molecule has 2 fully saturated rings. The van der Waals surface area contributed by atoms with Crippen molar-refractivity contribution < 1.29 is 9.53 Å². The molecule has 0 aromatic carbocycles. The Bertz CT molecular complexity index is 247. The van der Waals surface area contributed by atoms with Gasteiger partial charge in [0.2, 0.25) is 0 Å². The van der Waals surface area contributed by atoms with Crippen molar-refractivity contribution in [2.45, 2.75) is 31.8 Å². The molecule has 2 aliphatic carbocycles. The minimum atomic E-state index is -0.340. The molecule has 0 amide bonds. The summed E-state index contributed by atoms with van der Waals surface area (Å²) in [5.41, 5.74) is 0. The van der Waals surface area contributed by atoms with E-state index in [0.29, 0.717) is 5.92 Å². The van der Waals surface area contributed by atoms with Gasteiger partial charge in [0.15, 0.2) is 0 Å². The van der Waals surface area contributed by atoms with E-state index in [4.69, 9.17) is 4.74 Å². The summed E-state index contributed by atoms with van der Waals surface area (Å²) in [4.78, 5) is 11.0. The molecule has 2 nitrogen and oxygen atoms in total. The van der Waals surface area contributed by atoms with E-state index in [9.17, 15) is 4.79 Å². The van der Waals surface area contributed by atoms with Crippen molar-refractivity contribution in [3.05, 3.63) is 19.6 Å². The number of fused-ring (bicyclic) bond motifs is 2. The van der Waals surface area contributed by atoms with Crippen molar-refractivity contribution >= 4 is 5.97 Å². The maximum Gasteiger partial charge on any atom is 0.330 e. The fraction of sp³-hybridized carbons (Fsp3) is 0.667. The highest BCUT2D eigenvalue weighted by molar-refractivity contribution is 5.81. The third-order valence-corrected chi connectivity index (χ3v) is 3.70. The lowest BCUT2D eigenvalue weighted by molar-refractivity contribution is -0.144. The van der Waals surface area contributed by atoms with E-state index in [2.05, 4.69) is 13.5 Å². The van der Waals surface area contributed by atoms with Crippen molar-refractivity contribution in [3.8, 4) is 0 Å². The van der Waals surface area contributed by atoms with Crippen LogP contribution in [0.25, 0.3) is 0 Å². The van der Waals surface area contributed by atoms with E-state index < -0.39 is 0 Å². The highest BCUT2D eigenvalue weighted by Crippen LogP contribution is 2.49. The third-order valence-electron chi connectivity index (χ3n) is 3.70. The topological polar surface area (TPSA) is 26.3 Å². The lowest BCUT2D eigenvalue weighted by Crippen LogP contribution is -2.27. The average molecular weight is 193 g/mol. The van der Waals surface area contributed by atoms with Crippen LogP contribution in [0.2, 0.25) is 0 Å². The van der Waals surface area contributed by atoms with E-state index in [1.807, 2.05) is 0 Å². The van der Waals surface area contributed by atoms with Crippen LogP contribution < -0.4 is 0 Å². The second-order valence-corrected chi connectivity index (χ2v) is 4.52. The zero-order valence-electron chi connectivity index (χ0n) is 8.45. The number of hydrogen-bond acceptors (Lipinski definition) is 2. The molecule has 77 valence electrons. The smallest absolute Gasteiger partial charge is 0.330 e. The first kappa shape index (κ1) is 9.75. The summed E-state index contributed by atoms with van der Waals surface area (Å²) in [5.74, 6) is 1.78. The maximum absolute atomic E-state index is 11.0. The molecule has 2 heteroatoms. The minimum Gasteiger partial charge on any atom is -0.459 e. The molecular formula is C12H17O2. The van der Waals surface area contributed by atoms with E-state index in [-0.39, 0.29) is 12.1 Å². The normalized spacial score (nSPS) is 36.8. The number of carbonyl (C=O) groups excluding carboxylic acids is 1. The van der Waals surface area contributed by atoms with Crippen LogP contribution in [0.3, 0.4) is 0 Å². The maximum atomic E-state index is 11.0. The Kier molecular flexibility index (Phi) is 2.62. The molecule has 0 spiro atoms. The van der Waals surface area contributed by atoms with Gasteiger partial charge in [0.1, 0.15) is 6.10 Å². The van der Waals surface area contributed by atoms with Gasteiger partial charge >= 0.3 is 5.97 Å². The largest absolute Gasteiger partial charge is 0.459 e. The molecule has 0 heterocycles. The van der Waals surface area contributed by atoms with E-state index in [1.54, 1.807) is 0 Å². The van der Waals surface area contributed by atoms with Crippen molar-refractivity contribution in [1.82, 2.24) is 0 Å². The van der Waals surface area contributed by atoms with Gasteiger partial charge in [-0.2, -0.15) is 0 Å². The monoisotopic (exact) mass is 193 g/mol. The van der Waals surface area contributed by atoms with Gasteiger partial charge in [-0.25, -0.2) is 4.79 Å². The molecule has 0 saturated heterocycles. The second kappa shape index (κ2) is 3.76.